The lowest BCUT2D eigenvalue weighted by atomic mass is 9.79. The summed E-state index contributed by atoms with van der Waals surface area (Å²) in [6, 6.07) is 4.73. The Morgan fingerprint density at radius 1 is 1.39 bits per heavy atom. The molecule has 3 rings (SSSR count). The van der Waals surface area contributed by atoms with Crippen LogP contribution < -0.4 is 10.6 Å². The van der Waals surface area contributed by atoms with Crippen molar-refractivity contribution in [2.24, 2.45) is 11.8 Å². The maximum absolute atomic E-state index is 12.0. The third kappa shape index (κ3) is 6.83. The van der Waals surface area contributed by atoms with E-state index in [1.54, 1.807) is 0 Å². The number of nitrogens with one attached hydrogen (secondary N) is 2. The zero-order valence-electron chi connectivity index (χ0n) is 17.2. The van der Waals surface area contributed by atoms with Crippen molar-refractivity contribution in [2.45, 2.75) is 51.6 Å². The molecule has 0 aliphatic carbocycles. The molecule has 6 nitrogen and oxygen atoms in total. The Morgan fingerprint density at radius 2 is 2.32 bits per heavy atom. The zero-order chi connectivity index (χ0) is 19.6. The van der Waals surface area contributed by atoms with Crippen LogP contribution in [-0.2, 0) is 16.1 Å². The number of nitrogens with zero attached hydrogens (tertiary/aromatic N) is 2. The van der Waals surface area contributed by atoms with Crippen molar-refractivity contribution in [2.75, 3.05) is 39.4 Å². The molecule has 3 heterocycles. The lowest BCUT2D eigenvalue weighted by molar-refractivity contribution is -0.121. The van der Waals surface area contributed by atoms with Gasteiger partial charge in [0.1, 0.15) is 0 Å². The fourth-order valence-electron chi connectivity index (χ4n) is 4.61. The smallest absolute Gasteiger partial charge is 0.219 e. The predicted octanol–water partition coefficient (Wildman–Crippen LogP) is 2.20. The molecule has 2 fully saturated rings. The van der Waals surface area contributed by atoms with Gasteiger partial charge in [-0.3, -0.25) is 14.7 Å². The Balaban J connectivity index is 1.35. The summed E-state index contributed by atoms with van der Waals surface area (Å²) in [5, 5.41) is 6.76. The van der Waals surface area contributed by atoms with Gasteiger partial charge in [0.05, 0.1) is 0 Å². The first-order valence-electron chi connectivity index (χ1n) is 10.9. The van der Waals surface area contributed by atoms with Gasteiger partial charge in [0, 0.05) is 64.2 Å². The van der Waals surface area contributed by atoms with Crippen molar-refractivity contribution in [1.29, 1.82) is 0 Å². The van der Waals surface area contributed by atoms with Gasteiger partial charge in [0.15, 0.2) is 0 Å². The first-order valence-corrected chi connectivity index (χ1v) is 10.9. The molecule has 3 atom stereocenters. The number of piperidine rings is 2. The summed E-state index contributed by atoms with van der Waals surface area (Å²) in [6.07, 6.45) is 8.70. The number of carbonyl (C=O) groups is 1. The quantitative estimate of drug-likeness (QED) is 0.569. The summed E-state index contributed by atoms with van der Waals surface area (Å²) >= 11 is 0. The number of likely N-dealkylation sites (tertiary alicyclic amines) is 1. The summed E-state index contributed by atoms with van der Waals surface area (Å²) in [6.45, 7) is 8.60. The van der Waals surface area contributed by atoms with Gasteiger partial charge in [0.2, 0.25) is 5.91 Å². The fraction of sp³-hybridized carbons (Fsp3) is 0.727. The Hall–Kier alpha value is -1.50. The van der Waals surface area contributed by atoms with Gasteiger partial charge in [0.25, 0.3) is 0 Å². The molecule has 2 N–H and O–H groups in total. The number of ether oxygens (including phenoxy) is 1. The average molecular weight is 389 g/mol. The lowest BCUT2D eigenvalue weighted by Gasteiger charge is -2.46. The number of amides is 1. The Morgan fingerprint density at radius 3 is 3.14 bits per heavy atom. The SMILES string of the molecule is CCOCCCNC(=O)CCC[C@H]1NC[C@@H]2C[C@@H]1CN(Cc1cccnc1)C2. The maximum Gasteiger partial charge on any atom is 0.219 e. The highest BCUT2D eigenvalue weighted by atomic mass is 16.5. The first kappa shape index (κ1) is 21.2. The third-order valence-electron chi connectivity index (χ3n) is 5.92. The van der Waals surface area contributed by atoms with Gasteiger partial charge < -0.3 is 15.4 Å². The summed E-state index contributed by atoms with van der Waals surface area (Å²) in [5.41, 5.74) is 1.30. The molecule has 28 heavy (non-hydrogen) atoms. The zero-order valence-corrected chi connectivity index (χ0v) is 17.2. The predicted molar refractivity (Wildman–Crippen MR) is 111 cm³/mol. The number of rotatable bonds is 11. The monoisotopic (exact) mass is 388 g/mol. The largest absolute Gasteiger partial charge is 0.382 e. The second-order valence-electron chi connectivity index (χ2n) is 8.22. The highest BCUT2D eigenvalue weighted by molar-refractivity contribution is 5.75. The summed E-state index contributed by atoms with van der Waals surface area (Å²) in [4.78, 5) is 18.8. The van der Waals surface area contributed by atoms with Crippen LogP contribution >= 0.6 is 0 Å². The van der Waals surface area contributed by atoms with Gasteiger partial charge in [-0.05, 0) is 62.6 Å². The van der Waals surface area contributed by atoms with Crippen molar-refractivity contribution >= 4 is 5.91 Å². The second kappa shape index (κ2) is 11.5. The summed E-state index contributed by atoms with van der Waals surface area (Å²) in [5.74, 6) is 1.62. The van der Waals surface area contributed by atoms with Crippen molar-refractivity contribution in [3.63, 3.8) is 0 Å². The van der Waals surface area contributed by atoms with E-state index in [-0.39, 0.29) is 5.91 Å². The van der Waals surface area contributed by atoms with Crippen LogP contribution in [0.4, 0.5) is 0 Å². The minimum Gasteiger partial charge on any atom is -0.382 e. The Kier molecular flexibility index (Phi) is 8.70. The average Bonchev–Trinajstić information content (AvgIpc) is 2.70. The highest BCUT2D eigenvalue weighted by Gasteiger charge is 2.36. The molecule has 1 aromatic rings. The van der Waals surface area contributed by atoms with Gasteiger partial charge in [-0.25, -0.2) is 0 Å². The number of hydrogen-bond acceptors (Lipinski definition) is 5. The molecule has 0 saturated carbocycles. The molecule has 1 amide bonds. The van der Waals surface area contributed by atoms with E-state index < -0.39 is 0 Å². The van der Waals surface area contributed by atoms with E-state index in [2.05, 4.69) is 26.6 Å². The molecule has 0 spiro atoms. The van der Waals surface area contributed by atoms with Crippen LogP contribution in [0.3, 0.4) is 0 Å². The Labute approximate surface area is 169 Å². The van der Waals surface area contributed by atoms with E-state index in [0.717, 1.165) is 58.0 Å². The summed E-state index contributed by atoms with van der Waals surface area (Å²) in [7, 11) is 0. The molecule has 0 unspecified atom stereocenters. The van der Waals surface area contributed by atoms with Crippen molar-refractivity contribution in [3.05, 3.63) is 30.1 Å². The molecular formula is C22H36N4O2. The number of carbonyl (C=O) groups excluding carboxylic acids is 1. The molecule has 0 aromatic carbocycles. The molecule has 2 aliphatic rings. The number of pyridine rings is 1. The molecule has 2 bridgehead atoms. The molecule has 2 aliphatic heterocycles. The molecule has 156 valence electrons. The van der Waals surface area contributed by atoms with Crippen LogP contribution in [0.5, 0.6) is 0 Å². The van der Waals surface area contributed by atoms with E-state index in [0.29, 0.717) is 24.9 Å². The number of hydrogen-bond donors (Lipinski definition) is 2. The lowest BCUT2D eigenvalue weighted by Crippen LogP contribution is -2.55. The van der Waals surface area contributed by atoms with E-state index >= 15 is 0 Å². The van der Waals surface area contributed by atoms with Crippen molar-refractivity contribution in [3.8, 4) is 0 Å². The van der Waals surface area contributed by atoms with Crippen molar-refractivity contribution in [1.82, 2.24) is 20.5 Å². The number of fused-ring (bicyclic) bond motifs is 2. The van der Waals surface area contributed by atoms with Gasteiger partial charge in [-0.15, -0.1) is 0 Å². The standard InChI is InChI=1S/C22H36N4O2/c1-2-28-11-5-10-24-22(27)8-3-7-21-20-12-19(14-25-21)16-26(17-20)15-18-6-4-9-23-13-18/h4,6,9,13,19-21,25H,2-3,5,7-8,10-12,14-17H2,1H3,(H,24,27)/t19-,20+,21+/m0/s1. The summed E-state index contributed by atoms with van der Waals surface area (Å²) < 4.78 is 5.29. The van der Waals surface area contributed by atoms with Gasteiger partial charge >= 0.3 is 0 Å². The van der Waals surface area contributed by atoms with Crippen LogP contribution in [0.2, 0.25) is 0 Å². The molecule has 2 saturated heterocycles. The van der Waals surface area contributed by atoms with Gasteiger partial charge in [-0.1, -0.05) is 6.07 Å². The van der Waals surface area contributed by atoms with Crippen LogP contribution in [0.25, 0.3) is 0 Å². The highest BCUT2D eigenvalue weighted by Crippen LogP contribution is 2.31. The maximum atomic E-state index is 12.0. The van der Waals surface area contributed by atoms with E-state index in [1.807, 2.05) is 25.4 Å². The fourth-order valence-corrected chi connectivity index (χ4v) is 4.61. The third-order valence-corrected chi connectivity index (χ3v) is 5.92. The molecule has 1 aromatic heterocycles. The Bertz CT molecular complexity index is 583. The van der Waals surface area contributed by atoms with E-state index in [9.17, 15) is 4.79 Å². The van der Waals surface area contributed by atoms with E-state index in [1.165, 1.54) is 18.5 Å². The minimum absolute atomic E-state index is 0.173. The van der Waals surface area contributed by atoms with Crippen LogP contribution in [0.15, 0.2) is 24.5 Å². The molecular weight excluding hydrogens is 352 g/mol. The van der Waals surface area contributed by atoms with Crippen molar-refractivity contribution < 1.29 is 9.53 Å². The second-order valence-corrected chi connectivity index (χ2v) is 8.22. The van der Waals surface area contributed by atoms with Gasteiger partial charge in [-0.2, -0.15) is 0 Å². The molecule has 6 heteroatoms. The van der Waals surface area contributed by atoms with Crippen LogP contribution in [-0.4, -0.2) is 61.2 Å². The number of aromatic nitrogens is 1. The molecule has 0 radical (unpaired) electrons. The van der Waals surface area contributed by atoms with E-state index in [4.69, 9.17) is 4.74 Å². The van der Waals surface area contributed by atoms with Crippen LogP contribution in [0, 0.1) is 11.8 Å². The van der Waals surface area contributed by atoms with Crippen LogP contribution in [0.1, 0.15) is 44.6 Å². The first-order chi connectivity index (χ1) is 13.7. The normalized spacial score (nSPS) is 24.8. The minimum atomic E-state index is 0.173. The topological polar surface area (TPSA) is 66.5 Å².